The summed E-state index contributed by atoms with van der Waals surface area (Å²) >= 11 is 0. The van der Waals surface area contributed by atoms with Crippen LogP contribution in [0.25, 0.3) is 11.4 Å². The summed E-state index contributed by atoms with van der Waals surface area (Å²) in [6, 6.07) is 4.90. The van der Waals surface area contributed by atoms with Crippen LogP contribution in [-0.4, -0.2) is 52.0 Å². The van der Waals surface area contributed by atoms with Crippen LogP contribution in [0, 0.1) is 5.92 Å². The zero-order valence-corrected chi connectivity index (χ0v) is 17.4. The molecule has 9 heteroatoms. The molecule has 0 atom stereocenters. The van der Waals surface area contributed by atoms with Crippen molar-refractivity contribution in [3.05, 3.63) is 35.7 Å². The number of carbonyl (C=O) groups is 1. The first-order valence-corrected chi connectivity index (χ1v) is 10.9. The Kier molecular flexibility index (Phi) is 6.60. The first-order chi connectivity index (χ1) is 14.9. The van der Waals surface area contributed by atoms with Gasteiger partial charge in [0.25, 0.3) is 0 Å². The smallest absolute Gasteiger partial charge is 0.342 e. The Morgan fingerprint density at radius 1 is 1.06 bits per heavy atom. The van der Waals surface area contributed by atoms with E-state index in [-0.39, 0.29) is 23.2 Å². The van der Waals surface area contributed by atoms with Crippen molar-refractivity contribution in [3.63, 3.8) is 0 Å². The van der Waals surface area contributed by atoms with Crippen LogP contribution in [0.1, 0.15) is 50.0 Å². The molecule has 1 aromatic heterocycles. The molecule has 0 unspecified atom stereocenters. The van der Waals surface area contributed by atoms with Crippen LogP contribution in [0.5, 0.6) is 0 Å². The van der Waals surface area contributed by atoms with Gasteiger partial charge in [-0.15, -0.1) is 0 Å². The van der Waals surface area contributed by atoms with Crippen molar-refractivity contribution in [1.29, 1.82) is 0 Å². The molecule has 2 aromatic rings. The second-order valence-electron chi connectivity index (χ2n) is 8.38. The molecular formula is C22H27F3N4O2. The molecule has 3 heterocycles. The minimum absolute atomic E-state index is 0.0673. The maximum Gasteiger partial charge on any atom is 0.416 e. The summed E-state index contributed by atoms with van der Waals surface area (Å²) in [5, 5.41) is 3.85. The summed E-state index contributed by atoms with van der Waals surface area (Å²) < 4.78 is 44.1. The molecule has 0 saturated carbocycles. The summed E-state index contributed by atoms with van der Waals surface area (Å²) in [5.41, 5.74) is -0.473. The summed E-state index contributed by atoms with van der Waals surface area (Å²) in [4.78, 5) is 21.3. The molecule has 1 aromatic carbocycles. The van der Waals surface area contributed by atoms with E-state index in [0.29, 0.717) is 12.4 Å². The molecule has 0 bridgehead atoms. The molecule has 0 radical (unpaired) electrons. The number of rotatable bonds is 4. The zero-order valence-electron chi connectivity index (χ0n) is 17.4. The van der Waals surface area contributed by atoms with Gasteiger partial charge in [0.1, 0.15) is 0 Å². The van der Waals surface area contributed by atoms with Gasteiger partial charge in [0.05, 0.1) is 12.1 Å². The Morgan fingerprint density at radius 3 is 2.45 bits per heavy atom. The number of benzene rings is 1. The lowest BCUT2D eigenvalue weighted by Crippen LogP contribution is -2.42. The Bertz CT molecular complexity index is 883. The molecule has 0 N–H and O–H groups in total. The van der Waals surface area contributed by atoms with E-state index >= 15 is 0 Å². The molecule has 2 aliphatic rings. The van der Waals surface area contributed by atoms with Gasteiger partial charge in [0, 0.05) is 24.6 Å². The minimum Gasteiger partial charge on any atom is -0.342 e. The van der Waals surface area contributed by atoms with Crippen molar-refractivity contribution in [2.45, 2.75) is 51.2 Å². The number of hydrogen-bond acceptors (Lipinski definition) is 5. The standard InChI is InChI=1S/C22H27F3N4O2/c23-22(24,25)18-7-5-6-17(14-18)20-26-19(31-27-20)15-28-12-8-16(9-13-28)21(30)29-10-3-1-2-4-11-29/h5-7,14,16H,1-4,8-13,15H2. The van der Waals surface area contributed by atoms with Gasteiger partial charge >= 0.3 is 6.18 Å². The lowest BCUT2D eigenvalue weighted by atomic mass is 9.95. The predicted octanol–water partition coefficient (Wildman–Crippen LogP) is 4.37. The highest BCUT2D eigenvalue weighted by atomic mass is 19.4. The monoisotopic (exact) mass is 436 g/mol. The number of alkyl halides is 3. The zero-order chi connectivity index (χ0) is 21.8. The van der Waals surface area contributed by atoms with Crippen molar-refractivity contribution in [1.82, 2.24) is 19.9 Å². The fourth-order valence-corrected chi connectivity index (χ4v) is 4.35. The summed E-state index contributed by atoms with van der Waals surface area (Å²) in [6.07, 6.45) is 1.77. The average Bonchev–Trinajstić information content (AvgIpc) is 3.05. The molecule has 4 rings (SSSR count). The normalized spacial score (nSPS) is 19.4. The van der Waals surface area contributed by atoms with Crippen molar-refractivity contribution in [2.24, 2.45) is 5.92 Å². The Hall–Kier alpha value is -2.42. The second kappa shape index (κ2) is 9.38. The Balaban J connectivity index is 1.32. The molecular weight excluding hydrogens is 409 g/mol. The van der Waals surface area contributed by atoms with Gasteiger partial charge in [-0.1, -0.05) is 30.1 Å². The van der Waals surface area contributed by atoms with Gasteiger partial charge in [-0.3, -0.25) is 9.69 Å². The minimum atomic E-state index is -4.42. The third-order valence-corrected chi connectivity index (χ3v) is 6.13. The van der Waals surface area contributed by atoms with E-state index in [1.54, 1.807) is 0 Å². The van der Waals surface area contributed by atoms with Gasteiger partial charge < -0.3 is 9.42 Å². The molecule has 31 heavy (non-hydrogen) atoms. The Labute approximate surface area is 179 Å². The maximum absolute atomic E-state index is 12.9. The van der Waals surface area contributed by atoms with Gasteiger partial charge in [-0.05, 0) is 50.9 Å². The summed E-state index contributed by atoms with van der Waals surface area (Å²) in [5.74, 6) is 0.862. The van der Waals surface area contributed by atoms with Crippen LogP contribution in [-0.2, 0) is 17.5 Å². The van der Waals surface area contributed by atoms with Crippen molar-refractivity contribution in [2.75, 3.05) is 26.2 Å². The third-order valence-electron chi connectivity index (χ3n) is 6.13. The molecule has 0 spiro atoms. The number of piperidine rings is 1. The van der Waals surface area contributed by atoms with Gasteiger partial charge in [-0.25, -0.2) is 0 Å². The van der Waals surface area contributed by atoms with Crippen LogP contribution in [0.15, 0.2) is 28.8 Å². The van der Waals surface area contributed by atoms with Crippen molar-refractivity contribution >= 4 is 5.91 Å². The molecule has 2 fully saturated rings. The van der Waals surface area contributed by atoms with Crippen LogP contribution in [0.2, 0.25) is 0 Å². The summed E-state index contributed by atoms with van der Waals surface area (Å²) in [7, 11) is 0. The van der Waals surface area contributed by atoms with Crippen LogP contribution >= 0.6 is 0 Å². The van der Waals surface area contributed by atoms with Crippen LogP contribution in [0.4, 0.5) is 13.2 Å². The fourth-order valence-electron chi connectivity index (χ4n) is 4.35. The molecule has 168 valence electrons. The van der Waals surface area contributed by atoms with Crippen LogP contribution < -0.4 is 0 Å². The van der Waals surface area contributed by atoms with Gasteiger partial charge in [-0.2, -0.15) is 18.2 Å². The number of nitrogens with zero attached hydrogens (tertiary/aromatic N) is 4. The van der Waals surface area contributed by atoms with E-state index in [1.807, 2.05) is 4.90 Å². The summed E-state index contributed by atoms with van der Waals surface area (Å²) in [6.45, 7) is 3.69. The number of halogens is 3. The third kappa shape index (κ3) is 5.44. The Morgan fingerprint density at radius 2 is 1.77 bits per heavy atom. The number of likely N-dealkylation sites (tertiary alicyclic amines) is 2. The van der Waals surface area contributed by atoms with Crippen molar-refractivity contribution in [3.8, 4) is 11.4 Å². The fraction of sp³-hybridized carbons (Fsp3) is 0.591. The lowest BCUT2D eigenvalue weighted by molar-refractivity contribution is -0.138. The average molecular weight is 436 g/mol. The maximum atomic E-state index is 12.9. The molecule has 0 aliphatic carbocycles. The number of carbonyl (C=O) groups excluding carboxylic acids is 1. The first-order valence-electron chi connectivity index (χ1n) is 10.9. The van der Waals surface area contributed by atoms with E-state index < -0.39 is 11.7 Å². The quantitative estimate of drug-likeness (QED) is 0.712. The number of aromatic nitrogens is 2. The predicted molar refractivity (Wildman–Crippen MR) is 108 cm³/mol. The van der Waals surface area contributed by atoms with E-state index in [0.717, 1.165) is 64.0 Å². The van der Waals surface area contributed by atoms with Gasteiger partial charge in [0.15, 0.2) is 0 Å². The topological polar surface area (TPSA) is 62.5 Å². The molecule has 1 amide bonds. The van der Waals surface area contributed by atoms with Crippen molar-refractivity contribution < 1.29 is 22.5 Å². The van der Waals surface area contributed by atoms with E-state index in [1.165, 1.54) is 25.0 Å². The first kappa shape index (κ1) is 21.8. The highest BCUT2D eigenvalue weighted by molar-refractivity contribution is 5.79. The molecule has 6 nitrogen and oxygen atoms in total. The molecule has 2 aliphatic heterocycles. The van der Waals surface area contributed by atoms with E-state index in [4.69, 9.17) is 4.52 Å². The van der Waals surface area contributed by atoms with E-state index in [9.17, 15) is 18.0 Å². The van der Waals surface area contributed by atoms with Crippen LogP contribution in [0.3, 0.4) is 0 Å². The molecule has 2 saturated heterocycles. The lowest BCUT2D eigenvalue weighted by Gasteiger charge is -2.33. The highest BCUT2D eigenvalue weighted by Crippen LogP contribution is 2.31. The SMILES string of the molecule is O=C(C1CCN(Cc2nc(-c3cccc(C(F)(F)F)c3)no2)CC1)N1CCCCCC1. The number of hydrogen-bond donors (Lipinski definition) is 0. The highest BCUT2D eigenvalue weighted by Gasteiger charge is 2.31. The second-order valence-corrected chi connectivity index (χ2v) is 8.38. The largest absolute Gasteiger partial charge is 0.416 e. The van der Waals surface area contributed by atoms with Gasteiger partial charge in [0.2, 0.25) is 17.6 Å². The van der Waals surface area contributed by atoms with E-state index in [2.05, 4.69) is 15.0 Å². The number of amides is 1.